The van der Waals surface area contributed by atoms with Crippen LogP contribution in [0.5, 0.6) is 0 Å². The van der Waals surface area contributed by atoms with Gasteiger partial charge in [-0.15, -0.1) is 22.7 Å². The Bertz CT molecular complexity index is 579. The number of aromatic nitrogens is 2. The molecule has 1 aliphatic rings. The van der Waals surface area contributed by atoms with E-state index in [0.29, 0.717) is 0 Å². The van der Waals surface area contributed by atoms with Crippen molar-refractivity contribution in [1.29, 1.82) is 0 Å². The van der Waals surface area contributed by atoms with Crippen molar-refractivity contribution in [3.63, 3.8) is 0 Å². The molecule has 1 fully saturated rings. The second-order valence-electron chi connectivity index (χ2n) is 5.39. The second kappa shape index (κ2) is 4.96. The normalized spacial score (nSPS) is 18.7. The standard InChI is InChI=1S/C14H19N3S2/c1-9-12(16-10(2)19-9)11-8-18-13(17-11)14(15)6-4-3-5-7-14/h8H,3-7,15H2,1-2H3. The van der Waals surface area contributed by atoms with Crippen LogP contribution in [0.2, 0.25) is 0 Å². The van der Waals surface area contributed by atoms with Crippen LogP contribution < -0.4 is 5.73 Å². The van der Waals surface area contributed by atoms with Crippen LogP contribution in [-0.2, 0) is 5.54 Å². The first kappa shape index (κ1) is 13.2. The molecule has 2 N–H and O–H groups in total. The van der Waals surface area contributed by atoms with E-state index in [-0.39, 0.29) is 5.54 Å². The van der Waals surface area contributed by atoms with Crippen LogP contribution in [0.15, 0.2) is 5.38 Å². The lowest BCUT2D eigenvalue weighted by Crippen LogP contribution is -2.38. The van der Waals surface area contributed by atoms with Gasteiger partial charge in [0.25, 0.3) is 0 Å². The van der Waals surface area contributed by atoms with Gasteiger partial charge in [0.15, 0.2) is 0 Å². The van der Waals surface area contributed by atoms with Gasteiger partial charge in [0.1, 0.15) is 16.4 Å². The summed E-state index contributed by atoms with van der Waals surface area (Å²) < 4.78 is 0. The van der Waals surface area contributed by atoms with Crippen LogP contribution in [-0.4, -0.2) is 9.97 Å². The molecule has 0 atom stereocenters. The molecule has 3 nitrogen and oxygen atoms in total. The Kier molecular flexibility index (Phi) is 3.45. The van der Waals surface area contributed by atoms with E-state index in [0.717, 1.165) is 34.2 Å². The van der Waals surface area contributed by atoms with E-state index in [1.165, 1.54) is 24.1 Å². The van der Waals surface area contributed by atoms with Crippen molar-refractivity contribution in [2.24, 2.45) is 5.73 Å². The smallest absolute Gasteiger partial charge is 0.113 e. The summed E-state index contributed by atoms with van der Waals surface area (Å²) in [6.45, 7) is 4.15. The second-order valence-corrected chi connectivity index (χ2v) is 7.66. The summed E-state index contributed by atoms with van der Waals surface area (Å²) in [4.78, 5) is 10.6. The average Bonchev–Trinajstić information content (AvgIpc) is 2.97. The molecule has 2 heterocycles. The van der Waals surface area contributed by atoms with Gasteiger partial charge >= 0.3 is 0 Å². The van der Waals surface area contributed by atoms with Gasteiger partial charge in [-0.25, -0.2) is 9.97 Å². The Labute approximate surface area is 121 Å². The third kappa shape index (κ3) is 2.47. The molecule has 1 aliphatic carbocycles. The first-order chi connectivity index (χ1) is 9.08. The molecule has 0 aliphatic heterocycles. The molecule has 0 amide bonds. The summed E-state index contributed by atoms with van der Waals surface area (Å²) in [6.07, 6.45) is 5.88. The number of aryl methyl sites for hydroxylation is 2. The Hall–Kier alpha value is -0.780. The molecule has 19 heavy (non-hydrogen) atoms. The van der Waals surface area contributed by atoms with E-state index >= 15 is 0 Å². The molecular formula is C14H19N3S2. The maximum absolute atomic E-state index is 6.55. The predicted octanol–water partition coefficient (Wildman–Crippen LogP) is 4.00. The average molecular weight is 293 g/mol. The quantitative estimate of drug-likeness (QED) is 0.910. The summed E-state index contributed by atoms with van der Waals surface area (Å²) in [5.74, 6) is 0. The number of rotatable bonds is 2. The van der Waals surface area contributed by atoms with Crippen molar-refractivity contribution in [3.05, 3.63) is 20.3 Å². The molecule has 0 bridgehead atoms. The van der Waals surface area contributed by atoms with Gasteiger partial charge in [-0.3, -0.25) is 0 Å². The number of nitrogens with zero attached hydrogens (tertiary/aromatic N) is 2. The van der Waals surface area contributed by atoms with Crippen molar-refractivity contribution >= 4 is 22.7 Å². The van der Waals surface area contributed by atoms with E-state index in [1.54, 1.807) is 22.7 Å². The van der Waals surface area contributed by atoms with Crippen LogP contribution in [0.3, 0.4) is 0 Å². The van der Waals surface area contributed by atoms with Gasteiger partial charge in [0, 0.05) is 10.3 Å². The van der Waals surface area contributed by atoms with Crippen LogP contribution in [0.4, 0.5) is 0 Å². The predicted molar refractivity (Wildman–Crippen MR) is 81.6 cm³/mol. The molecule has 0 radical (unpaired) electrons. The summed E-state index contributed by atoms with van der Waals surface area (Å²) in [6, 6.07) is 0. The Morgan fingerprint density at radius 3 is 2.53 bits per heavy atom. The zero-order chi connectivity index (χ0) is 13.5. The van der Waals surface area contributed by atoms with Gasteiger partial charge in [0.2, 0.25) is 0 Å². The largest absolute Gasteiger partial charge is 0.319 e. The fourth-order valence-electron chi connectivity index (χ4n) is 2.77. The zero-order valence-electron chi connectivity index (χ0n) is 11.4. The molecule has 0 unspecified atom stereocenters. The fraction of sp³-hybridized carbons (Fsp3) is 0.571. The first-order valence-electron chi connectivity index (χ1n) is 6.78. The van der Waals surface area contributed by atoms with Crippen LogP contribution in [0.1, 0.15) is 47.0 Å². The summed E-state index contributed by atoms with van der Waals surface area (Å²) >= 11 is 3.43. The minimum atomic E-state index is -0.194. The molecule has 2 aromatic heterocycles. The number of hydrogen-bond donors (Lipinski definition) is 1. The van der Waals surface area contributed by atoms with E-state index in [9.17, 15) is 0 Å². The van der Waals surface area contributed by atoms with Crippen molar-refractivity contribution < 1.29 is 0 Å². The maximum atomic E-state index is 6.55. The third-order valence-corrected chi connectivity index (χ3v) is 5.77. The van der Waals surface area contributed by atoms with Crippen molar-refractivity contribution in [3.8, 4) is 11.4 Å². The number of hydrogen-bond acceptors (Lipinski definition) is 5. The molecular weight excluding hydrogens is 274 g/mol. The molecule has 3 rings (SSSR count). The molecule has 1 saturated carbocycles. The van der Waals surface area contributed by atoms with Crippen LogP contribution in [0, 0.1) is 13.8 Å². The lowest BCUT2D eigenvalue weighted by molar-refractivity contribution is 0.301. The minimum absolute atomic E-state index is 0.194. The Morgan fingerprint density at radius 1 is 1.16 bits per heavy atom. The lowest BCUT2D eigenvalue weighted by Gasteiger charge is -2.31. The third-order valence-electron chi connectivity index (χ3n) is 3.82. The van der Waals surface area contributed by atoms with Gasteiger partial charge in [-0.1, -0.05) is 19.3 Å². The fourth-order valence-corrected chi connectivity index (χ4v) is 4.58. The van der Waals surface area contributed by atoms with E-state index in [2.05, 4.69) is 17.3 Å². The number of nitrogens with two attached hydrogens (primary N) is 1. The number of thiazole rings is 2. The van der Waals surface area contributed by atoms with Gasteiger partial charge in [-0.05, 0) is 26.7 Å². The highest BCUT2D eigenvalue weighted by atomic mass is 32.1. The van der Waals surface area contributed by atoms with E-state index < -0.39 is 0 Å². The molecule has 0 saturated heterocycles. The minimum Gasteiger partial charge on any atom is -0.319 e. The molecule has 0 aromatic carbocycles. The highest BCUT2D eigenvalue weighted by Gasteiger charge is 2.32. The van der Waals surface area contributed by atoms with E-state index in [1.807, 2.05) is 6.92 Å². The van der Waals surface area contributed by atoms with Crippen molar-refractivity contribution in [2.75, 3.05) is 0 Å². The van der Waals surface area contributed by atoms with Crippen LogP contribution in [0.25, 0.3) is 11.4 Å². The summed E-state index contributed by atoms with van der Waals surface area (Å²) in [5.41, 5.74) is 8.38. The van der Waals surface area contributed by atoms with Gasteiger partial charge < -0.3 is 5.73 Å². The van der Waals surface area contributed by atoms with Crippen molar-refractivity contribution in [1.82, 2.24) is 9.97 Å². The van der Waals surface area contributed by atoms with Crippen molar-refractivity contribution in [2.45, 2.75) is 51.5 Å². The topological polar surface area (TPSA) is 51.8 Å². The summed E-state index contributed by atoms with van der Waals surface area (Å²) in [7, 11) is 0. The zero-order valence-corrected chi connectivity index (χ0v) is 13.0. The highest BCUT2D eigenvalue weighted by molar-refractivity contribution is 7.12. The molecule has 102 valence electrons. The maximum Gasteiger partial charge on any atom is 0.113 e. The monoisotopic (exact) mass is 293 g/mol. The first-order valence-corrected chi connectivity index (χ1v) is 8.47. The Balaban J connectivity index is 1.93. The van der Waals surface area contributed by atoms with Gasteiger partial charge in [0.05, 0.1) is 10.5 Å². The Morgan fingerprint density at radius 2 is 1.89 bits per heavy atom. The molecule has 0 spiro atoms. The highest BCUT2D eigenvalue weighted by Crippen LogP contribution is 2.38. The van der Waals surface area contributed by atoms with Crippen LogP contribution >= 0.6 is 22.7 Å². The van der Waals surface area contributed by atoms with Gasteiger partial charge in [-0.2, -0.15) is 0 Å². The van der Waals surface area contributed by atoms with E-state index in [4.69, 9.17) is 10.7 Å². The molecule has 2 aromatic rings. The lowest BCUT2D eigenvalue weighted by atomic mass is 9.83. The molecule has 5 heteroatoms. The summed E-state index contributed by atoms with van der Waals surface area (Å²) in [5, 5.41) is 4.30. The SMILES string of the molecule is Cc1nc(-c2csc(C3(N)CCCCC3)n2)c(C)s1.